The SMILES string of the molecule is CC(=O)NC[C@]1(O)COCCN(C(=O)c2cc(C(C)(C)C)[nH]n2)C1. The van der Waals surface area contributed by atoms with Gasteiger partial charge in [0.2, 0.25) is 5.91 Å². The lowest BCUT2D eigenvalue weighted by Crippen LogP contribution is -2.53. The molecule has 1 aromatic heterocycles. The van der Waals surface area contributed by atoms with Gasteiger partial charge in [0, 0.05) is 24.6 Å². The second-order valence-corrected chi connectivity index (χ2v) is 7.33. The van der Waals surface area contributed by atoms with Gasteiger partial charge in [-0.3, -0.25) is 14.7 Å². The molecule has 0 bridgehead atoms. The average Bonchev–Trinajstić information content (AvgIpc) is 2.90. The summed E-state index contributed by atoms with van der Waals surface area (Å²) in [6, 6.07) is 1.74. The van der Waals surface area contributed by atoms with Crippen LogP contribution in [0, 0.1) is 0 Å². The zero-order valence-electron chi connectivity index (χ0n) is 14.7. The van der Waals surface area contributed by atoms with Crippen LogP contribution in [0.3, 0.4) is 0 Å². The first-order valence-corrected chi connectivity index (χ1v) is 8.00. The van der Waals surface area contributed by atoms with E-state index in [1.54, 1.807) is 6.07 Å². The van der Waals surface area contributed by atoms with E-state index in [0.717, 1.165) is 5.69 Å². The van der Waals surface area contributed by atoms with E-state index in [4.69, 9.17) is 4.74 Å². The topological polar surface area (TPSA) is 108 Å². The minimum Gasteiger partial charge on any atom is -0.384 e. The molecule has 1 aromatic rings. The van der Waals surface area contributed by atoms with Gasteiger partial charge in [-0.1, -0.05) is 20.8 Å². The van der Waals surface area contributed by atoms with Gasteiger partial charge < -0.3 is 20.1 Å². The monoisotopic (exact) mass is 338 g/mol. The Morgan fingerprint density at radius 1 is 1.50 bits per heavy atom. The molecule has 134 valence electrons. The van der Waals surface area contributed by atoms with Crippen LogP contribution in [-0.2, 0) is 14.9 Å². The number of nitrogens with one attached hydrogen (secondary N) is 2. The standard InChI is InChI=1S/C16H26N4O4/c1-11(21)17-8-16(23)9-20(5-6-24-10-16)14(22)12-7-13(19-18-12)15(2,3)4/h7,23H,5-6,8-10H2,1-4H3,(H,17,21)(H,18,19)/t16-/m1/s1. The molecule has 0 aliphatic carbocycles. The van der Waals surface area contributed by atoms with Crippen LogP contribution in [-0.4, -0.2) is 70.5 Å². The highest BCUT2D eigenvalue weighted by Crippen LogP contribution is 2.21. The summed E-state index contributed by atoms with van der Waals surface area (Å²) < 4.78 is 5.39. The van der Waals surface area contributed by atoms with Crippen molar-refractivity contribution < 1.29 is 19.4 Å². The molecule has 0 radical (unpaired) electrons. The molecular weight excluding hydrogens is 312 g/mol. The van der Waals surface area contributed by atoms with Gasteiger partial charge in [-0.25, -0.2) is 0 Å². The molecule has 8 heteroatoms. The lowest BCUT2D eigenvalue weighted by atomic mass is 9.92. The van der Waals surface area contributed by atoms with Crippen LogP contribution in [0.4, 0.5) is 0 Å². The molecule has 8 nitrogen and oxygen atoms in total. The van der Waals surface area contributed by atoms with Crippen molar-refractivity contribution in [3.63, 3.8) is 0 Å². The van der Waals surface area contributed by atoms with Gasteiger partial charge in [0.15, 0.2) is 0 Å². The molecule has 1 saturated heterocycles. The highest BCUT2D eigenvalue weighted by molar-refractivity contribution is 5.92. The van der Waals surface area contributed by atoms with Gasteiger partial charge in [-0.05, 0) is 6.07 Å². The fraction of sp³-hybridized carbons (Fsp3) is 0.688. The Bertz CT molecular complexity index is 607. The fourth-order valence-electron chi connectivity index (χ4n) is 2.46. The number of carbonyl (C=O) groups is 2. The third-order valence-corrected chi connectivity index (χ3v) is 3.92. The lowest BCUT2D eigenvalue weighted by molar-refractivity contribution is -0.120. The van der Waals surface area contributed by atoms with Gasteiger partial charge in [-0.15, -0.1) is 0 Å². The van der Waals surface area contributed by atoms with Gasteiger partial charge >= 0.3 is 0 Å². The molecule has 0 unspecified atom stereocenters. The van der Waals surface area contributed by atoms with Crippen LogP contribution in [0.25, 0.3) is 0 Å². The molecule has 2 amide bonds. The molecule has 1 aliphatic heterocycles. The zero-order valence-corrected chi connectivity index (χ0v) is 14.7. The first-order valence-electron chi connectivity index (χ1n) is 8.00. The van der Waals surface area contributed by atoms with E-state index in [-0.39, 0.29) is 36.9 Å². The number of aromatic nitrogens is 2. The van der Waals surface area contributed by atoms with E-state index in [1.165, 1.54) is 11.8 Å². The number of aromatic amines is 1. The van der Waals surface area contributed by atoms with Gasteiger partial charge in [0.05, 0.1) is 26.3 Å². The number of carbonyl (C=O) groups excluding carboxylic acids is 2. The number of ether oxygens (including phenoxy) is 1. The Labute approximate surface area is 141 Å². The number of aliphatic hydroxyl groups is 1. The first-order chi connectivity index (χ1) is 11.1. The van der Waals surface area contributed by atoms with E-state index >= 15 is 0 Å². The van der Waals surface area contributed by atoms with Crippen LogP contribution >= 0.6 is 0 Å². The summed E-state index contributed by atoms with van der Waals surface area (Å²) >= 11 is 0. The predicted molar refractivity (Wildman–Crippen MR) is 87.6 cm³/mol. The van der Waals surface area contributed by atoms with Crippen molar-refractivity contribution in [2.24, 2.45) is 0 Å². The summed E-state index contributed by atoms with van der Waals surface area (Å²) in [5.74, 6) is -0.513. The maximum atomic E-state index is 12.7. The average molecular weight is 338 g/mol. The Morgan fingerprint density at radius 3 is 2.79 bits per heavy atom. The molecule has 0 spiro atoms. The number of hydrogen-bond acceptors (Lipinski definition) is 5. The summed E-state index contributed by atoms with van der Waals surface area (Å²) in [4.78, 5) is 25.3. The number of amides is 2. The summed E-state index contributed by atoms with van der Waals surface area (Å²) in [6.45, 7) is 8.31. The summed E-state index contributed by atoms with van der Waals surface area (Å²) in [7, 11) is 0. The molecule has 1 atom stereocenters. The van der Waals surface area contributed by atoms with Crippen LogP contribution < -0.4 is 5.32 Å². The number of hydrogen-bond donors (Lipinski definition) is 3. The third kappa shape index (κ3) is 4.55. The van der Waals surface area contributed by atoms with Crippen molar-refractivity contribution in [2.45, 2.75) is 38.7 Å². The van der Waals surface area contributed by atoms with Crippen molar-refractivity contribution in [3.8, 4) is 0 Å². The Morgan fingerprint density at radius 2 is 2.21 bits per heavy atom. The molecule has 3 N–H and O–H groups in total. The largest absolute Gasteiger partial charge is 0.384 e. The summed E-state index contributed by atoms with van der Waals surface area (Å²) in [5, 5.41) is 20.2. The molecule has 0 aromatic carbocycles. The quantitative estimate of drug-likeness (QED) is 0.722. The number of H-pyrrole nitrogens is 1. The Kier molecular flexibility index (Phi) is 5.29. The van der Waals surface area contributed by atoms with E-state index in [1.807, 2.05) is 20.8 Å². The Balaban J connectivity index is 2.12. The molecule has 0 saturated carbocycles. The van der Waals surface area contributed by atoms with E-state index in [2.05, 4.69) is 15.5 Å². The lowest BCUT2D eigenvalue weighted by Gasteiger charge is -2.30. The molecule has 2 heterocycles. The maximum Gasteiger partial charge on any atom is 0.274 e. The number of nitrogens with zero attached hydrogens (tertiary/aromatic N) is 2. The van der Waals surface area contributed by atoms with Crippen LogP contribution in [0.2, 0.25) is 0 Å². The molecule has 24 heavy (non-hydrogen) atoms. The third-order valence-electron chi connectivity index (χ3n) is 3.92. The van der Waals surface area contributed by atoms with Crippen molar-refractivity contribution in [3.05, 3.63) is 17.5 Å². The minimum atomic E-state index is -1.32. The van der Waals surface area contributed by atoms with Crippen molar-refractivity contribution in [2.75, 3.05) is 32.8 Å². The van der Waals surface area contributed by atoms with Crippen molar-refractivity contribution >= 4 is 11.8 Å². The van der Waals surface area contributed by atoms with Gasteiger partial charge in [-0.2, -0.15) is 5.10 Å². The zero-order chi connectivity index (χ0) is 18.0. The molecule has 1 aliphatic rings. The summed E-state index contributed by atoms with van der Waals surface area (Å²) in [5.41, 5.74) is -0.283. The van der Waals surface area contributed by atoms with E-state index in [0.29, 0.717) is 18.8 Å². The van der Waals surface area contributed by atoms with E-state index < -0.39 is 5.60 Å². The van der Waals surface area contributed by atoms with E-state index in [9.17, 15) is 14.7 Å². The van der Waals surface area contributed by atoms with Gasteiger partial charge in [0.1, 0.15) is 11.3 Å². The normalized spacial score (nSPS) is 22.1. The number of β-amino-alcohol motifs (C(OH)–C–C–N with tert-alkyl or cyclic N) is 1. The van der Waals surface area contributed by atoms with Crippen LogP contribution in [0.1, 0.15) is 43.9 Å². The smallest absolute Gasteiger partial charge is 0.274 e. The molecular formula is C16H26N4O4. The minimum absolute atomic E-state index is 0.0277. The fourth-order valence-corrected chi connectivity index (χ4v) is 2.46. The highest BCUT2D eigenvalue weighted by Gasteiger charge is 2.35. The molecule has 2 rings (SSSR count). The second-order valence-electron chi connectivity index (χ2n) is 7.33. The van der Waals surface area contributed by atoms with Crippen LogP contribution in [0.15, 0.2) is 6.07 Å². The van der Waals surface area contributed by atoms with Crippen LogP contribution in [0.5, 0.6) is 0 Å². The second kappa shape index (κ2) is 6.90. The first kappa shape index (κ1) is 18.4. The predicted octanol–water partition coefficient (Wildman–Crippen LogP) is 0.0468. The summed E-state index contributed by atoms with van der Waals surface area (Å²) in [6.07, 6.45) is 0. The van der Waals surface area contributed by atoms with Crippen molar-refractivity contribution in [1.29, 1.82) is 0 Å². The number of rotatable bonds is 3. The maximum absolute atomic E-state index is 12.7. The molecule has 1 fully saturated rings. The highest BCUT2D eigenvalue weighted by atomic mass is 16.5. The van der Waals surface area contributed by atoms with Crippen molar-refractivity contribution in [1.82, 2.24) is 20.4 Å². The Hall–Kier alpha value is -1.93. The van der Waals surface area contributed by atoms with Gasteiger partial charge in [0.25, 0.3) is 5.91 Å².